The molecule has 0 radical (unpaired) electrons. The normalized spacial score (nSPS) is 28.5. The number of esters is 1. The third-order valence-electron chi connectivity index (χ3n) is 4.01. The molecule has 0 aliphatic heterocycles. The molecule has 0 aromatic heterocycles. The van der Waals surface area contributed by atoms with E-state index in [9.17, 15) is 18.0 Å². The zero-order chi connectivity index (χ0) is 14.7. The predicted molar refractivity (Wildman–Crippen MR) is 65.7 cm³/mol. The van der Waals surface area contributed by atoms with Gasteiger partial charge in [-0.1, -0.05) is 6.42 Å². The van der Waals surface area contributed by atoms with Gasteiger partial charge in [0.25, 0.3) is 0 Å². The number of hydrogen-bond acceptors (Lipinski definition) is 3. The minimum absolute atomic E-state index is 0.0255. The van der Waals surface area contributed by atoms with Crippen LogP contribution in [-0.2, 0) is 9.53 Å². The maximum atomic E-state index is 12.9. The van der Waals surface area contributed by atoms with Gasteiger partial charge < -0.3 is 9.64 Å². The van der Waals surface area contributed by atoms with E-state index in [1.165, 1.54) is 0 Å². The van der Waals surface area contributed by atoms with Crippen molar-refractivity contribution in [2.75, 3.05) is 20.7 Å². The molecule has 112 valence electrons. The Kier molecular flexibility index (Phi) is 5.24. The van der Waals surface area contributed by atoms with Gasteiger partial charge in [0.1, 0.15) is 0 Å². The van der Waals surface area contributed by atoms with Crippen LogP contribution in [0.25, 0.3) is 0 Å². The lowest BCUT2D eigenvalue weighted by Crippen LogP contribution is -2.51. The summed E-state index contributed by atoms with van der Waals surface area (Å²) < 4.78 is 43.6. The van der Waals surface area contributed by atoms with E-state index in [0.29, 0.717) is 12.8 Å². The van der Waals surface area contributed by atoms with E-state index in [1.807, 2.05) is 0 Å². The highest BCUT2D eigenvalue weighted by Gasteiger charge is 2.49. The molecule has 6 heteroatoms. The van der Waals surface area contributed by atoms with Crippen LogP contribution in [0.4, 0.5) is 13.2 Å². The van der Waals surface area contributed by atoms with Crippen molar-refractivity contribution >= 4 is 5.97 Å². The van der Waals surface area contributed by atoms with Crippen molar-refractivity contribution in [3.63, 3.8) is 0 Å². The van der Waals surface area contributed by atoms with Crippen LogP contribution in [0.3, 0.4) is 0 Å². The number of rotatable bonds is 4. The fourth-order valence-corrected chi connectivity index (χ4v) is 2.83. The van der Waals surface area contributed by atoms with Gasteiger partial charge in [0.2, 0.25) is 0 Å². The van der Waals surface area contributed by atoms with Crippen LogP contribution in [-0.4, -0.2) is 43.3 Å². The lowest BCUT2D eigenvalue weighted by Gasteiger charge is -2.45. The molecule has 0 saturated heterocycles. The van der Waals surface area contributed by atoms with Crippen LogP contribution in [0.15, 0.2) is 0 Å². The zero-order valence-corrected chi connectivity index (χ0v) is 11.7. The molecule has 1 aliphatic carbocycles. The Morgan fingerprint density at radius 2 is 2.05 bits per heavy atom. The monoisotopic (exact) mass is 281 g/mol. The van der Waals surface area contributed by atoms with Gasteiger partial charge in [-0.15, -0.1) is 0 Å². The summed E-state index contributed by atoms with van der Waals surface area (Å²) in [6.07, 6.45) is -2.94. The predicted octanol–water partition coefficient (Wildman–Crippen LogP) is 2.99. The number of hydrogen-bond donors (Lipinski definition) is 0. The minimum Gasteiger partial charge on any atom is -0.466 e. The highest BCUT2D eigenvalue weighted by molar-refractivity contribution is 5.71. The smallest absolute Gasteiger partial charge is 0.391 e. The third kappa shape index (κ3) is 4.09. The number of carbonyl (C=O) groups excluding carboxylic acids is 1. The molecule has 2 unspecified atom stereocenters. The minimum atomic E-state index is -4.18. The summed E-state index contributed by atoms with van der Waals surface area (Å²) in [6.45, 7) is 1.95. The summed E-state index contributed by atoms with van der Waals surface area (Å²) in [7, 11) is 3.47. The summed E-state index contributed by atoms with van der Waals surface area (Å²) in [5, 5.41) is 0. The fraction of sp³-hybridized carbons (Fsp3) is 0.923. The zero-order valence-electron chi connectivity index (χ0n) is 11.7. The van der Waals surface area contributed by atoms with Crippen LogP contribution in [0.2, 0.25) is 0 Å². The quantitative estimate of drug-likeness (QED) is 0.742. The van der Waals surface area contributed by atoms with Gasteiger partial charge in [0.15, 0.2) is 0 Å². The van der Waals surface area contributed by atoms with Gasteiger partial charge in [-0.25, -0.2) is 0 Å². The topological polar surface area (TPSA) is 29.5 Å². The Labute approximate surface area is 112 Å². The summed E-state index contributed by atoms with van der Waals surface area (Å²) in [5.41, 5.74) is -0.731. The van der Waals surface area contributed by atoms with Crippen LogP contribution in [0.1, 0.15) is 39.0 Å². The van der Waals surface area contributed by atoms with Gasteiger partial charge in [-0.2, -0.15) is 13.2 Å². The number of ether oxygens (including phenoxy) is 1. The molecule has 0 bridgehead atoms. The second-order valence-electron chi connectivity index (χ2n) is 5.44. The Bertz CT molecular complexity index is 318. The molecule has 1 fully saturated rings. The Morgan fingerprint density at radius 3 is 2.53 bits per heavy atom. The highest BCUT2D eigenvalue weighted by atomic mass is 19.4. The maximum Gasteiger partial charge on any atom is 0.391 e. The van der Waals surface area contributed by atoms with E-state index < -0.39 is 23.6 Å². The highest BCUT2D eigenvalue weighted by Crippen LogP contribution is 2.45. The third-order valence-corrected chi connectivity index (χ3v) is 4.01. The van der Waals surface area contributed by atoms with E-state index in [-0.39, 0.29) is 25.9 Å². The average molecular weight is 281 g/mol. The number of alkyl halides is 3. The SMILES string of the molecule is CCOC(=O)CC1(N(C)C)CCCC(C(F)(F)F)C1. The molecule has 19 heavy (non-hydrogen) atoms. The molecule has 0 aromatic rings. The van der Waals surface area contributed by atoms with Crippen LogP contribution < -0.4 is 0 Å². The van der Waals surface area contributed by atoms with E-state index in [0.717, 1.165) is 0 Å². The largest absolute Gasteiger partial charge is 0.466 e. The number of halogens is 3. The first kappa shape index (κ1) is 16.3. The van der Waals surface area contributed by atoms with E-state index in [1.54, 1.807) is 25.9 Å². The Hall–Kier alpha value is -0.780. The second kappa shape index (κ2) is 6.11. The first-order chi connectivity index (χ1) is 8.71. The lowest BCUT2D eigenvalue weighted by atomic mass is 9.73. The van der Waals surface area contributed by atoms with Crippen LogP contribution in [0.5, 0.6) is 0 Å². The van der Waals surface area contributed by atoms with Crippen LogP contribution >= 0.6 is 0 Å². The van der Waals surface area contributed by atoms with Crippen molar-refractivity contribution in [3.05, 3.63) is 0 Å². The van der Waals surface area contributed by atoms with Crippen molar-refractivity contribution in [2.24, 2.45) is 5.92 Å². The molecule has 1 rings (SSSR count). The van der Waals surface area contributed by atoms with E-state index in [2.05, 4.69) is 0 Å². The van der Waals surface area contributed by atoms with Gasteiger partial charge in [0.05, 0.1) is 18.9 Å². The molecular weight excluding hydrogens is 259 g/mol. The molecule has 0 aromatic carbocycles. The van der Waals surface area contributed by atoms with Crippen molar-refractivity contribution in [3.8, 4) is 0 Å². The van der Waals surface area contributed by atoms with E-state index in [4.69, 9.17) is 4.74 Å². The van der Waals surface area contributed by atoms with Crippen molar-refractivity contribution < 1.29 is 22.7 Å². The molecule has 3 nitrogen and oxygen atoms in total. The van der Waals surface area contributed by atoms with Crippen LogP contribution in [0, 0.1) is 5.92 Å². The summed E-state index contributed by atoms with van der Waals surface area (Å²) >= 11 is 0. The second-order valence-corrected chi connectivity index (χ2v) is 5.44. The molecule has 1 saturated carbocycles. The Morgan fingerprint density at radius 1 is 1.42 bits per heavy atom. The maximum absolute atomic E-state index is 12.9. The first-order valence-electron chi connectivity index (χ1n) is 6.61. The number of carbonyl (C=O) groups is 1. The standard InChI is InChI=1S/C13H22F3NO2/c1-4-19-11(18)9-12(17(2)3)7-5-6-10(8-12)13(14,15)16/h10H,4-9H2,1-3H3. The summed E-state index contributed by atoms with van der Waals surface area (Å²) in [6, 6.07) is 0. The molecule has 1 aliphatic rings. The molecular formula is C13H22F3NO2. The van der Waals surface area contributed by atoms with Crippen molar-refractivity contribution in [1.82, 2.24) is 4.90 Å². The van der Waals surface area contributed by atoms with Gasteiger partial charge in [-0.05, 0) is 40.3 Å². The first-order valence-corrected chi connectivity index (χ1v) is 6.61. The molecule has 0 N–H and O–H groups in total. The van der Waals surface area contributed by atoms with Gasteiger partial charge in [-0.3, -0.25) is 4.79 Å². The average Bonchev–Trinajstić information content (AvgIpc) is 2.28. The molecule has 0 amide bonds. The van der Waals surface area contributed by atoms with E-state index >= 15 is 0 Å². The Balaban J connectivity index is 2.84. The van der Waals surface area contributed by atoms with Crippen molar-refractivity contribution in [1.29, 1.82) is 0 Å². The van der Waals surface area contributed by atoms with Gasteiger partial charge in [0, 0.05) is 5.54 Å². The molecule has 0 spiro atoms. The molecule has 0 heterocycles. The fourth-order valence-electron chi connectivity index (χ4n) is 2.83. The molecule has 2 atom stereocenters. The lowest BCUT2D eigenvalue weighted by molar-refractivity contribution is -0.194. The number of nitrogens with zero attached hydrogens (tertiary/aromatic N) is 1. The van der Waals surface area contributed by atoms with Gasteiger partial charge >= 0.3 is 12.1 Å². The summed E-state index contributed by atoms with van der Waals surface area (Å²) in [5.74, 6) is -1.74. The van der Waals surface area contributed by atoms with Crippen molar-refractivity contribution in [2.45, 2.75) is 50.7 Å². The summed E-state index contributed by atoms with van der Waals surface area (Å²) in [4.78, 5) is 13.4.